The van der Waals surface area contributed by atoms with Gasteiger partial charge in [-0.1, -0.05) is 24.3 Å². The lowest BCUT2D eigenvalue weighted by molar-refractivity contribution is -0.117. The predicted octanol–water partition coefficient (Wildman–Crippen LogP) is 3.70. The minimum atomic E-state index is 0.120. The van der Waals surface area contributed by atoms with E-state index in [9.17, 15) is 4.79 Å². The molecule has 4 heteroatoms. The van der Waals surface area contributed by atoms with Crippen molar-refractivity contribution in [1.82, 2.24) is 9.97 Å². The molecule has 0 bridgehead atoms. The lowest BCUT2D eigenvalue weighted by Crippen LogP contribution is -2.25. The normalized spacial score (nSPS) is 18.1. The number of hydrogen-bond acceptors (Lipinski definition) is 2. The number of carbonyl (C=O) groups is 1. The van der Waals surface area contributed by atoms with E-state index in [1.165, 1.54) is 5.56 Å². The quantitative estimate of drug-likeness (QED) is 0.785. The highest BCUT2D eigenvalue weighted by Crippen LogP contribution is 2.33. The minimum Gasteiger partial charge on any atom is -0.342 e. The molecular formula is C19H19N3O. The zero-order chi connectivity index (χ0) is 16.0. The van der Waals surface area contributed by atoms with Gasteiger partial charge in [0, 0.05) is 24.6 Å². The number of H-pyrrole nitrogens is 1. The maximum Gasteiger partial charge on any atom is 0.227 e. The van der Waals surface area contributed by atoms with Crippen molar-refractivity contribution in [3.05, 3.63) is 59.4 Å². The van der Waals surface area contributed by atoms with E-state index in [2.05, 4.69) is 42.0 Å². The van der Waals surface area contributed by atoms with Gasteiger partial charge in [0.2, 0.25) is 5.91 Å². The molecule has 0 radical (unpaired) electrons. The molecular weight excluding hydrogens is 286 g/mol. The Morgan fingerprint density at radius 3 is 2.83 bits per heavy atom. The van der Waals surface area contributed by atoms with Crippen LogP contribution in [0.5, 0.6) is 0 Å². The van der Waals surface area contributed by atoms with Gasteiger partial charge >= 0.3 is 0 Å². The Labute approximate surface area is 135 Å². The molecule has 2 aromatic carbocycles. The zero-order valence-electron chi connectivity index (χ0n) is 13.3. The van der Waals surface area contributed by atoms with Crippen LogP contribution in [-0.4, -0.2) is 22.4 Å². The maximum atomic E-state index is 12.5. The first-order valence-corrected chi connectivity index (χ1v) is 7.94. The second kappa shape index (κ2) is 5.23. The molecule has 23 heavy (non-hydrogen) atoms. The molecule has 0 spiro atoms. The molecule has 4 nitrogen and oxygen atoms in total. The van der Waals surface area contributed by atoms with Crippen LogP contribution in [0.3, 0.4) is 0 Å². The van der Waals surface area contributed by atoms with Crippen LogP contribution < -0.4 is 4.90 Å². The van der Waals surface area contributed by atoms with E-state index < -0.39 is 0 Å². The third-order valence-corrected chi connectivity index (χ3v) is 4.57. The average molecular weight is 305 g/mol. The highest BCUT2D eigenvalue weighted by molar-refractivity contribution is 5.97. The number of anilines is 1. The number of fused-ring (bicyclic) bond motifs is 1. The summed E-state index contributed by atoms with van der Waals surface area (Å²) in [4.78, 5) is 22.5. The Morgan fingerprint density at radius 2 is 2.00 bits per heavy atom. The van der Waals surface area contributed by atoms with Crippen molar-refractivity contribution in [3.63, 3.8) is 0 Å². The van der Waals surface area contributed by atoms with Crippen LogP contribution in [-0.2, 0) is 4.79 Å². The van der Waals surface area contributed by atoms with Gasteiger partial charge in [-0.15, -0.1) is 0 Å². The number of nitrogens with zero attached hydrogens (tertiary/aromatic N) is 2. The molecule has 116 valence electrons. The highest BCUT2D eigenvalue weighted by atomic mass is 16.2. The van der Waals surface area contributed by atoms with Crippen molar-refractivity contribution in [2.75, 3.05) is 11.4 Å². The Morgan fingerprint density at radius 1 is 1.17 bits per heavy atom. The summed E-state index contributed by atoms with van der Waals surface area (Å²) in [7, 11) is 0. The number of aromatic nitrogens is 2. The van der Waals surface area contributed by atoms with Crippen molar-refractivity contribution >= 4 is 22.6 Å². The van der Waals surface area contributed by atoms with Crippen LogP contribution >= 0.6 is 0 Å². The van der Waals surface area contributed by atoms with Crippen molar-refractivity contribution in [3.8, 4) is 0 Å². The first-order chi connectivity index (χ1) is 11.1. The number of hydrogen-bond donors (Lipinski definition) is 1. The number of para-hydroxylation sites is 2. The summed E-state index contributed by atoms with van der Waals surface area (Å²) >= 11 is 0. The third kappa shape index (κ3) is 2.40. The van der Waals surface area contributed by atoms with Gasteiger partial charge in [0.25, 0.3) is 0 Å². The van der Waals surface area contributed by atoms with Gasteiger partial charge in [0.15, 0.2) is 0 Å². The van der Waals surface area contributed by atoms with Gasteiger partial charge in [-0.3, -0.25) is 4.79 Å². The summed E-state index contributed by atoms with van der Waals surface area (Å²) < 4.78 is 0. The molecule has 1 amide bonds. The topological polar surface area (TPSA) is 49.0 Å². The van der Waals surface area contributed by atoms with Crippen LogP contribution in [0, 0.1) is 13.8 Å². The van der Waals surface area contributed by atoms with Crippen molar-refractivity contribution in [2.45, 2.75) is 26.2 Å². The zero-order valence-corrected chi connectivity index (χ0v) is 13.3. The van der Waals surface area contributed by atoms with Crippen LogP contribution in [0.15, 0.2) is 42.5 Å². The first-order valence-electron chi connectivity index (χ1n) is 7.94. The van der Waals surface area contributed by atoms with Gasteiger partial charge in [0.1, 0.15) is 5.82 Å². The Kier molecular flexibility index (Phi) is 3.18. The molecule has 1 aliphatic rings. The van der Waals surface area contributed by atoms with E-state index in [1.807, 2.05) is 29.2 Å². The SMILES string of the molecule is Cc1ccc(C)c(N2C[C@H](c3nc4ccccc4[nH]3)CC2=O)c1. The number of rotatable bonds is 2. The second-order valence-corrected chi connectivity index (χ2v) is 6.33. The predicted molar refractivity (Wildman–Crippen MR) is 91.7 cm³/mol. The monoisotopic (exact) mass is 305 g/mol. The molecule has 1 N–H and O–H groups in total. The fourth-order valence-electron chi connectivity index (χ4n) is 3.30. The molecule has 0 unspecified atom stereocenters. The summed E-state index contributed by atoms with van der Waals surface area (Å²) in [5, 5.41) is 0. The van der Waals surface area contributed by atoms with E-state index in [-0.39, 0.29) is 11.8 Å². The highest BCUT2D eigenvalue weighted by Gasteiger charge is 2.34. The number of amides is 1. The van der Waals surface area contributed by atoms with E-state index in [4.69, 9.17) is 0 Å². The first kappa shape index (κ1) is 14.0. The van der Waals surface area contributed by atoms with Crippen molar-refractivity contribution < 1.29 is 4.79 Å². The molecule has 1 atom stereocenters. The van der Waals surface area contributed by atoms with E-state index in [0.717, 1.165) is 28.1 Å². The van der Waals surface area contributed by atoms with E-state index in [0.29, 0.717) is 13.0 Å². The standard InChI is InChI=1S/C19H19N3O/c1-12-7-8-13(2)17(9-12)22-11-14(10-18(22)23)19-20-15-5-3-4-6-16(15)21-19/h3-9,14H,10-11H2,1-2H3,(H,20,21)/t14-/m1/s1. The van der Waals surface area contributed by atoms with Crippen LogP contribution in [0.4, 0.5) is 5.69 Å². The van der Waals surface area contributed by atoms with Gasteiger partial charge in [-0.05, 0) is 43.2 Å². The summed E-state index contributed by atoms with van der Waals surface area (Å²) in [6.45, 7) is 4.79. The third-order valence-electron chi connectivity index (χ3n) is 4.57. The second-order valence-electron chi connectivity index (χ2n) is 6.33. The minimum absolute atomic E-state index is 0.120. The average Bonchev–Trinajstić information content (AvgIpc) is 3.13. The number of aryl methyl sites for hydroxylation is 2. The van der Waals surface area contributed by atoms with Crippen LogP contribution in [0.2, 0.25) is 0 Å². The molecule has 1 aliphatic heterocycles. The van der Waals surface area contributed by atoms with E-state index >= 15 is 0 Å². The number of nitrogens with one attached hydrogen (secondary N) is 1. The van der Waals surface area contributed by atoms with Gasteiger partial charge in [-0.25, -0.2) is 4.98 Å². The molecule has 0 aliphatic carbocycles. The number of aromatic amines is 1. The van der Waals surface area contributed by atoms with Gasteiger partial charge < -0.3 is 9.88 Å². The molecule has 1 aromatic heterocycles. The Bertz CT molecular complexity index is 864. The van der Waals surface area contributed by atoms with Crippen LogP contribution in [0.25, 0.3) is 11.0 Å². The Balaban J connectivity index is 1.66. The summed E-state index contributed by atoms with van der Waals surface area (Å²) in [5.74, 6) is 1.20. The Hall–Kier alpha value is -2.62. The molecule has 0 saturated carbocycles. The summed E-state index contributed by atoms with van der Waals surface area (Å²) in [6, 6.07) is 14.2. The molecule has 4 rings (SSSR count). The molecule has 3 aromatic rings. The summed E-state index contributed by atoms with van der Waals surface area (Å²) in [6.07, 6.45) is 0.507. The largest absolute Gasteiger partial charge is 0.342 e. The van der Waals surface area contributed by atoms with Gasteiger partial charge in [0.05, 0.1) is 11.0 Å². The lowest BCUT2D eigenvalue weighted by Gasteiger charge is -2.19. The van der Waals surface area contributed by atoms with Crippen molar-refractivity contribution in [2.24, 2.45) is 0 Å². The maximum absolute atomic E-state index is 12.5. The van der Waals surface area contributed by atoms with Gasteiger partial charge in [-0.2, -0.15) is 0 Å². The molecule has 1 fully saturated rings. The fourth-order valence-corrected chi connectivity index (χ4v) is 3.30. The molecule has 2 heterocycles. The smallest absolute Gasteiger partial charge is 0.227 e. The van der Waals surface area contributed by atoms with Crippen molar-refractivity contribution in [1.29, 1.82) is 0 Å². The fraction of sp³-hybridized carbons (Fsp3) is 0.263. The number of benzene rings is 2. The van der Waals surface area contributed by atoms with E-state index in [1.54, 1.807) is 0 Å². The number of imidazole rings is 1. The molecule has 1 saturated heterocycles. The number of carbonyl (C=O) groups excluding carboxylic acids is 1. The summed E-state index contributed by atoms with van der Waals surface area (Å²) in [5.41, 5.74) is 5.31. The van der Waals surface area contributed by atoms with Crippen LogP contribution in [0.1, 0.15) is 29.3 Å². The lowest BCUT2D eigenvalue weighted by atomic mass is 10.1.